The number of para-hydroxylation sites is 1. The predicted molar refractivity (Wildman–Crippen MR) is 98.2 cm³/mol. The van der Waals surface area contributed by atoms with Gasteiger partial charge in [-0.1, -0.05) is 35.9 Å². The Morgan fingerprint density at radius 2 is 1.81 bits per heavy atom. The van der Waals surface area contributed by atoms with Crippen LogP contribution in [0.5, 0.6) is 0 Å². The number of esters is 1. The molecule has 0 aliphatic carbocycles. The minimum Gasteiger partial charge on any atom is -0.452 e. The SMILES string of the molecule is C[C@@H](OC(=O)CSCc1ccccc1Cl)C(=O)Nc1c(F)cccc1F. The summed E-state index contributed by atoms with van der Waals surface area (Å²) in [7, 11) is 0. The van der Waals surface area contributed by atoms with Crippen LogP contribution in [0.3, 0.4) is 0 Å². The molecule has 1 N–H and O–H groups in total. The second kappa shape index (κ2) is 9.54. The van der Waals surface area contributed by atoms with Crippen LogP contribution in [0.1, 0.15) is 12.5 Å². The minimum atomic E-state index is -1.19. The quantitative estimate of drug-likeness (QED) is 0.700. The van der Waals surface area contributed by atoms with Crippen molar-refractivity contribution in [2.24, 2.45) is 0 Å². The van der Waals surface area contributed by atoms with Gasteiger partial charge < -0.3 is 10.1 Å². The van der Waals surface area contributed by atoms with Crippen LogP contribution < -0.4 is 5.32 Å². The Bertz CT molecular complexity index is 784. The van der Waals surface area contributed by atoms with Crippen LogP contribution in [0.4, 0.5) is 14.5 Å². The summed E-state index contributed by atoms with van der Waals surface area (Å²) in [5.41, 5.74) is 0.307. The number of hydrogen-bond acceptors (Lipinski definition) is 4. The number of nitrogens with one attached hydrogen (secondary N) is 1. The second-order valence-electron chi connectivity index (χ2n) is 5.30. The topological polar surface area (TPSA) is 55.4 Å². The molecule has 0 saturated heterocycles. The molecule has 2 aromatic rings. The average molecular weight is 400 g/mol. The van der Waals surface area contributed by atoms with Gasteiger partial charge in [0.25, 0.3) is 5.91 Å². The number of hydrogen-bond donors (Lipinski definition) is 1. The lowest BCUT2D eigenvalue weighted by atomic mass is 10.2. The highest BCUT2D eigenvalue weighted by atomic mass is 35.5. The van der Waals surface area contributed by atoms with Crippen LogP contribution in [0, 0.1) is 11.6 Å². The number of carbonyl (C=O) groups excluding carboxylic acids is 2. The van der Waals surface area contributed by atoms with E-state index in [1.54, 1.807) is 6.07 Å². The Kier molecular flexibility index (Phi) is 7.41. The number of halogens is 3. The molecule has 0 heterocycles. The van der Waals surface area contributed by atoms with Crippen molar-refractivity contribution in [3.63, 3.8) is 0 Å². The van der Waals surface area contributed by atoms with Crippen LogP contribution >= 0.6 is 23.4 Å². The van der Waals surface area contributed by atoms with E-state index in [9.17, 15) is 18.4 Å². The molecule has 138 valence electrons. The van der Waals surface area contributed by atoms with Gasteiger partial charge in [0.15, 0.2) is 6.10 Å². The van der Waals surface area contributed by atoms with Gasteiger partial charge in [-0.3, -0.25) is 9.59 Å². The van der Waals surface area contributed by atoms with Crippen molar-refractivity contribution in [1.29, 1.82) is 0 Å². The third-order valence-electron chi connectivity index (χ3n) is 3.32. The van der Waals surface area contributed by atoms with Crippen molar-refractivity contribution < 1.29 is 23.1 Å². The maximum absolute atomic E-state index is 13.5. The third-order valence-corrected chi connectivity index (χ3v) is 4.65. The van der Waals surface area contributed by atoms with E-state index in [2.05, 4.69) is 5.32 Å². The van der Waals surface area contributed by atoms with Gasteiger partial charge in [0.2, 0.25) is 0 Å². The van der Waals surface area contributed by atoms with E-state index >= 15 is 0 Å². The number of ether oxygens (including phenoxy) is 1. The first-order valence-electron chi connectivity index (χ1n) is 7.64. The van der Waals surface area contributed by atoms with E-state index in [0.717, 1.165) is 17.7 Å². The zero-order valence-corrected chi connectivity index (χ0v) is 15.4. The minimum absolute atomic E-state index is 0.0108. The highest BCUT2D eigenvalue weighted by Crippen LogP contribution is 2.21. The van der Waals surface area contributed by atoms with Gasteiger partial charge in [0.1, 0.15) is 17.3 Å². The van der Waals surface area contributed by atoms with E-state index in [0.29, 0.717) is 10.8 Å². The van der Waals surface area contributed by atoms with Gasteiger partial charge >= 0.3 is 5.97 Å². The third kappa shape index (κ3) is 5.71. The summed E-state index contributed by atoms with van der Waals surface area (Å²) in [6, 6.07) is 10.5. The fourth-order valence-corrected chi connectivity index (χ4v) is 3.08. The highest BCUT2D eigenvalue weighted by molar-refractivity contribution is 7.99. The Hall–Kier alpha value is -2.12. The smallest absolute Gasteiger partial charge is 0.316 e. The lowest BCUT2D eigenvalue weighted by Crippen LogP contribution is -2.31. The first kappa shape index (κ1) is 20.2. The molecular formula is C18H16ClF2NO3S. The Morgan fingerprint density at radius 1 is 1.15 bits per heavy atom. The van der Waals surface area contributed by atoms with Crippen LogP contribution in [0.2, 0.25) is 5.02 Å². The van der Waals surface area contributed by atoms with Gasteiger partial charge in [-0.2, -0.15) is 0 Å². The first-order valence-corrected chi connectivity index (χ1v) is 9.17. The van der Waals surface area contributed by atoms with E-state index < -0.39 is 35.3 Å². The molecule has 0 aromatic heterocycles. The van der Waals surface area contributed by atoms with Crippen molar-refractivity contribution in [1.82, 2.24) is 0 Å². The maximum atomic E-state index is 13.5. The van der Waals surface area contributed by atoms with Crippen molar-refractivity contribution >= 4 is 40.9 Å². The normalized spacial score (nSPS) is 11.7. The van der Waals surface area contributed by atoms with Crippen LogP contribution in [0.15, 0.2) is 42.5 Å². The van der Waals surface area contributed by atoms with E-state index in [4.69, 9.17) is 16.3 Å². The molecule has 2 aromatic carbocycles. The van der Waals surface area contributed by atoms with Crippen LogP contribution in [0.25, 0.3) is 0 Å². The molecule has 0 unspecified atom stereocenters. The molecule has 26 heavy (non-hydrogen) atoms. The average Bonchev–Trinajstić information content (AvgIpc) is 2.59. The summed E-state index contributed by atoms with van der Waals surface area (Å²) in [4.78, 5) is 23.8. The maximum Gasteiger partial charge on any atom is 0.316 e. The fraction of sp³-hybridized carbons (Fsp3) is 0.222. The molecule has 0 spiro atoms. The molecule has 0 saturated carbocycles. The lowest BCUT2D eigenvalue weighted by molar-refractivity contribution is -0.150. The molecule has 0 aliphatic rings. The molecule has 2 rings (SSSR count). The number of thioether (sulfide) groups is 1. The van der Waals surface area contributed by atoms with Crippen LogP contribution in [-0.4, -0.2) is 23.7 Å². The first-order chi connectivity index (χ1) is 12.4. The largest absolute Gasteiger partial charge is 0.452 e. The fourth-order valence-electron chi connectivity index (χ4n) is 1.99. The monoisotopic (exact) mass is 399 g/mol. The highest BCUT2D eigenvalue weighted by Gasteiger charge is 2.20. The van der Waals surface area contributed by atoms with Gasteiger partial charge in [-0.05, 0) is 30.7 Å². The Balaban J connectivity index is 1.81. The van der Waals surface area contributed by atoms with Crippen molar-refractivity contribution in [3.05, 3.63) is 64.7 Å². The van der Waals surface area contributed by atoms with Crippen molar-refractivity contribution in [2.75, 3.05) is 11.1 Å². The van der Waals surface area contributed by atoms with E-state index in [1.807, 2.05) is 18.2 Å². The number of anilines is 1. The molecule has 1 amide bonds. The molecule has 1 atom stereocenters. The van der Waals surface area contributed by atoms with Gasteiger partial charge in [-0.25, -0.2) is 8.78 Å². The molecule has 0 bridgehead atoms. The molecule has 0 aliphatic heterocycles. The Labute approximate surface area is 158 Å². The predicted octanol–water partition coefficient (Wildman–Crippen LogP) is 4.42. The van der Waals surface area contributed by atoms with Gasteiger partial charge in [0.05, 0.1) is 5.75 Å². The number of amides is 1. The van der Waals surface area contributed by atoms with E-state index in [1.165, 1.54) is 24.8 Å². The molecular weight excluding hydrogens is 384 g/mol. The summed E-state index contributed by atoms with van der Waals surface area (Å²) in [5.74, 6) is -2.73. The van der Waals surface area contributed by atoms with Gasteiger partial charge in [0, 0.05) is 10.8 Å². The van der Waals surface area contributed by atoms with E-state index in [-0.39, 0.29) is 5.75 Å². The molecule has 0 radical (unpaired) electrons. The summed E-state index contributed by atoms with van der Waals surface area (Å²) in [6.45, 7) is 1.32. The number of rotatable bonds is 7. The molecule has 8 heteroatoms. The van der Waals surface area contributed by atoms with Crippen molar-refractivity contribution in [2.45, 2.75) is 18.8 Å². The summed E-state index contributed by atoms with van der Waals surface area (Å²) < 4.78 is 32.0. The number of carbonyl (C=O) groups is 2. The molecule has 0 fully saturated rings. The lowest BCUT2D eigenvalue weighted by Gasteiger charge is -2.14. The second-order valence-corrected chi connectivity index (χ2v) is 6.70. The zero-order chi connectivity index (χ0) is 19.1. The standard InChI is InChI=1S/C18H16ClF2NO3S/c1-11(18(24)22-17-14(20)7-4-8-15(17)21)25-16(23)10-26-9-12-5-2-3-6-13(12)19/h2-8,11H,9-10H2,1H3,(H,22,24)/t11-/m1/s1. The van der Waals surface area contributed by atoms with Crippen LogP contribution in [-0.2, 0) is 20.1 Å². The zero-order valence-electron chi connectivity index (χ0n) is 13.8. The summed E-state index contributed by atoms with van der Waals surface area (Å²) in [6.07, 6.45) is -1.19. The van der Waals surface area contributed by atoms with Gasteiger partial charge in [-0.15, -0.1) is 11.8 Å². The number of benzene rings is 2. The van der Waals surface area contributed by atoms with Crippen molar-refractivity contribution in [3.8, 4) is 0 Å². The summed E-state index contributed by atoms with van der Waals surface area (Å²) >= 11 is 7.30. The summed E-state index contributed by atoms with van der Waals surface area (Å²) in [5, 5.41) is 2.69. The Morgan fingerprint density at radius 3 is 2.46 bits per heavy atom. The molecule has 4 nitrogen and oxygen atoms in total.